The third-order valence-corrected chi connectivity index (χ3v) is 6.82. The first kappa shape index (κ1) is 24.9. The molecule has 0 radical (unpaired) electrons. The van der Waals surface area contributed by atoms with Crippen LogP contribution in [0.5, 0.6) is 5.75 Å². The van der Waals surface area contributed by atoms with Crippen molar-refractivity contribution in [2.75, 3.05) is 10.0 Å². The molecule has 3 rings (SSSR count). The largest absolute Gasteiger partial charge is 0.481 e. The minimum absolute atomic E-state index is 0.0201. The van der Waals surface area contributed by atoms with Crippen molar-refractivity contribution in [1.82, 2.24) is 0 Å². The van der Waals surface area contributed by atoms with E-state index >= 15 is 0 Å². The molecule has 6 nitrogen and oxygen atoms in total. The van der Waals surface area contributed by atoms with Crippen molar-refractivity contribution >= 4 is 50.5 Å². The van der Waals surface area contributed by atoms with Gasteiger partial charge in [-0.3, -0.25) is 9.52 Å². The van der Waals surface area contributed by atoms with Gasteiger partial charge >= 0.3 is 0 Å². The van der Waals surface area contributed by atoms with Gasteiger partial charge in [0.15, 0.2) is 6.10 Å². The average molecular weight is 507 g/mol. The van der Waals surface area contributed by atoms with Gasteiger partial charge in [-0.1, -0.05) is 29.3 Å². The van der Waals surface area contributed by atoms with Crippen LogP contribution in [-0.2, 0) is 14.8 Å². The molecule has 33 heavy (non-hydrogen) atoms. The number of sulfonamides is 1. The Bertz CT molecular complexity index is 1270. The molecule has 1 unspecified atom stereocenters. The molecule has 1 amide bonds. The molecule has 2 N–H and O–H groups in total. The zero-order chi connectivity index (χ0) is 24.3. The molecule has 3 aromatic carbocycles. The number of carbonyl (C=O) groups is 1. The van der Waals surface area contributed by atoms with E-state index in [0.717, 1.165) is 16.7 Å². The summed E-state index contributed by atoms with van der Waals surface area (Å²) in [6, 6.07) is 14.2. The Labute approximate surface area is 203 Å². The summed E-state index contributed by atoms with van der Waals surface area (Å²) < 4.78 is 33.6. The number of halogens is 2. The highest BCUT2D eigenvalue weighted by molar-refractivity contribution is 7.92. The van der Waals surface area contributed by atoms with Crippen molar-refractivity contribution in [3.05, 3.63) is 81.3 Å². The second-order valence-electron chi connectivity index (χ2n) is 7.74. The van der Waals surface area contributed by atoms with Crippen molar-refractivity contribution in [2.45, 2.75) is 38.7 Å². The summed E-state index contributed by atoms with van der Waals surface area (Å²) in [4.78, 5) is 12.6. The fourth-order valence-corrected chi connectivity index (χ4v) is 4.72. The lowest BCUT2D eigenvalue weighted by atomic mass is 10.1. The van der Waals surface area contributed by atoms with Gasteiger partial charge in [-0.15, -0.1) is 0 Å². The van der Waals surface area contributed by atoms with Crippen LogP contribution >= 0.6 is 23.2 Å². The van der Waals surface area contributed by atoms with Crippen molar-refractivity contribution in [3.63, 3.8) is 0 Å². The lowest BCUT2D eigenvalue weighted by Crippen LogP contribution is -2.30. The number of ether oxygens (including phenoxy) is 1. The number of hydrogen-bond donors (Lipinski definition) is 2. The summed E-state index contributed by atoms with van der Waals surface area (Å²) in [6.45, 7) is 7.56. The van der Waals surface area contributed by atoms with Crippen molar-refractivity contribution in [3.8, 4) is 5.75 Å². The van der Waals surface area contributed by atoms with Crippen LogP contribution in [0.3, 0.4) is 0 Å². The first-order chi connectivity index (χ1) is 15.4. The minimum atomic E-state index is -3.87. The molecule has 9 heteroatoms. The molecule has 0 aliphatic rings. The molecular formula is C24H24Cl2N2O4S. The van der Waals surface area contributed by atoms with Crippen molar-refractivity contribution < 1.29 is 17.9 Å². The summed E-state index contributed by atoms with van der Waals surface area (Å²) >= 11 is 11.9. The summed E-state index contributed by atoms with van der Waals surface area (Å²) in [7, 11) is -3.87. The predicted octanol–water partition coefficient (Wildman–Crippen LogP) is 6.13. The number of benzene rings is 3. The molecule has 0 bridgehead atoms. The van der Waals surface area contributed by atoms with Crippen LogP contribution < -0.4 is 14.8 Å². The second-order valence-corrected chi connectivity index (χ2v) is 10.3. The average Bonchev–Trinajstić information content (AvgIpc) is 2.70. The van der Waals surface area contributed by atoms with E-state index in [-0.39, 0.29) is 16.5 Å². The molecule has 0 fully saturated rings. The smallest absolute Gasteiger partial charge is 0.265 e. The van der Waals surface area contributed by atoms with Crippen LogP contribution in [0.2, 0.25) is 10.0 Å². The lowest BCUT2D eigenvalue weighted by Gasteiger charge is -2.18. The Morgan fingerprint density at radius 3 is 2.12 bits per heavy atom. The van der Waals surface area contributed by atoms with E-state index in [1.165, 1.54) is 42.5 Å². The molecule has 174 valence electrons. The fraction of sp³-hybridized carbons (Fsp3) is 0.208. The molecule has 0 spiro atoms. The Morgan fingerprint density at radius 2 is 1.52 bits per heavy atom. The zero-order valence-corrected chi connectivity index (χ0v) is 20.9. The number of anilines is 2. The number of carbonyl (C=O) groups excluding carboxylic acids is 1. The first-order valence-electron chi connectivity index (χ1n) is 10.1. The monoisotopic (exact) mass is 506 g/mol. The third kappa shape index (κ3) is 6.41. The Hall–Kier alpha value is -2.74. The fourth-order valence-electron chi connectivity index (χ4n) is 3.16. The highest BCUT2D eigenvalue weighted by atomic mass is 35.5. The molecule has 0 saturated heterocycles. The highest BCUT2D eigenvalue weighted by Crippen LogP contribution is 2.26. The second kappa shape index (κ2) is 10.0. The van der Waals surface area contributed by atoms with E-state index in [1.54, 1.807) is 6.92 Å². The highest BCUT2D eigenvalue weighted by Gasteiger charge is 2.18. The van der Waals surface area contributed by atoms with Gasteiger partial charge in [0.2, 0.25) is 0 Å². The molecule has 0 saturated carbocycles. The summed E-state index contributed by atoms with van der Waals surface area (Å²) in [5.74, 6) is 0.305. The van der Waals surface area contributed by atoms with Crippen molar-refractivity contribution in [2.24, 2.45) is 0 Å². The van der Waals surface area contributed by atoms with Gasteiger partial charge in [0.05, 0.1) is 10.6 Å². The van der Waals surface area contributed by atoms with Crippen LogP contribution in [0.1, 0.15) is 23.6 Å². The quantitative estimate of drug-likeness (QED) is 0.403. The minimum Gasteiger partial charge on any atom is -0.481 e. The van der Waals surface area contributed by atoms with Gasteiger partial charge < -0.3 is 10.1 Å². The van der Waals surface area contributed by atoms with E-state index in [1.807, 2.05) is 26.8 Å². The van der Waals surface area contributed by atoms with Crippen LogP contribution in [0, 0.1) is 20.8 Å². The standard InChI is InChI=1S/C24H24Cl2N2O4S/c1-14-9-15(2)16(3)23(10-14)32-17(4)24(29)27-20-5-7-22(8-6-20)33(30,31)28-21-12-18(25)11-19(26)13-21/h5-13,17,28H,1-4H3,(H,27,29). The van der Waals surface area contributed by atoms with E-state index in [9.17, 15) is 13.2 Å². The Kier molecular flexibility index (Phi) is 7.57. The SMILES string of the molecule is Cc1cc(C)c(C)c(OC(C)C(=O)Nc2ccc(S(=O)(=O)Nc3cc(Cl)cc(Cl)c3)cc2)c1. The molecule has 0 aromatic heterocycles. The van der Waals surface area contributed by atoms with E-state index in [2.05, 4.69) is 16.1 Å². The predicted molar refractivity (Wildman–Crippen MR) is 133 cm³/mol. The number of rotatable bonds is 7. The maximum absolute atomic E-state index is 12.7. The molecular weight excluding hydrogens is 483 g/mol. The number of hydrogen-bond acceptors (Lipinski definition) is 4. The molecule has 0 heterocycles. The lowest BCUT2D eigenvalue weighted by molar-refractivity contribution is -0.122. The normalized spacial score (nSPS) is 12.2. The summed E-state index contributed by atoms with van der Waals surface area (Å²) in [6.07, 6.45) is -0.748. The molecule has 0 aliphatic carbocycles. The van der Waals surface area contributed by atoms with Gasteiger partial charge in [-0.05, 0) is 92.9 Å². The van der Waals surface area contributed by atoms with E-state index in [0.29, 0.717) is 21.5 Å². The van der Waals surface area contributed by atoms with E-state index < -0.39 is 16.1 Å². The van der Waals surface area contributed by atoms with Gasteiger partial charge in [0.25, 0.3) is 15.9 Å². The van der Waals surface area contributed by atoms with E-state index in [4.69, 9.17) is 27.9 Å². The maximum atomic E-state index is 12.7. The topological polar surface area (TPSA) is 84.5 Å². The van der Waals surface area contributed by atoms with Gasteiger partial charge in [-0.25, -0.2) is 8.42 Å². The van der Waals surface area contributed by atoms with Crippen molar-refractivity contribution in [1.29, 1.82) is 0 Å². The maximum Gasteiger partial charge on any atom is 0.265 e. The van der Waals surface area contributed by atoms with Gasteiger partial charge in [0, 0.05) is 15.7 Å². The number of nitrogens with one attached hydrogen (secondary N) is 2. The summed E-state index contributed by atoms with van der Waals surface area (Å²) in [5.41, 5.74) is 3.80. The summed E-state index contributed by atoms with van der Waals surface area (Å²) in [5, 5.41) is 3.36. The van der Waals surface area contributed by atoms with Crippen LogP contribution in [-0.4, -0.2) is 20.4 Å². The molecule has 0 aliphatic heterocycles. The Morgan fingerprint density at radius 1 is 0.909 bits per heavy atom. The number of amides is 1. The van der Waals surface area contributed by atoms with Gasteiger partial charge in [0.1, 0.15) is 5.75 Å². The first-order valence-corrected chi connectivity index (χ1v) is 12.3. The Balaban J connectivity index is 1.68. The molecule has 1 atom stereocenters. The van der Waals surface area contributed by atoms with Crippen LogP contribution in [0.15, 0.2) is 59.5 Å². The van der Waals surface area contributed by atoms with Gasteiger partial charge in [-0.2, -0.15) is 0 Å². The molecule has 3 aromatic rings. The zero-order valence-electron chi connectivity index (χ0n) is 18.6. The third-order valence-electron chi connectivity index (χ3n) is 4.98. The number of aryl methyl sites for hydroxylation is 2. The van der Waals surface area contributed by atoms with Crippen LogP contribution in [0.25, 0.3) is 0 Å². The van der Waals surface area contributed by atoms with Crippen LogP contribution in [0.4, 0.5) is 11.4 Å².